The average Bonchev–Trinajstić information content (AvgIpc) is 2.60. The first kappa shape index (κ1) is 17.0. The molecule has 1 amide bonds. The Bertz CT molecular complexity index is 806. The normalized spacial score (nSPS) is 13.2. The zero-order valence-corrected chi connectivity index (χ0v) is 14.6. The molecule has 0 atom stereocenters. The van der Waals surface area contributed by atoms with Gasteiger partial charge in [-0.05, 0) is 6.07 Å². The first-order chi connectivity index (χ1) is 11.9. The first-order valence-electron chi connectivity index (χ1n) is 8.21. The Balaban J connectivity index is 2.05. The van der Waals surface area contributed by atoms with Crippen molar-refractivity contribution >= 4 is 17.4 Å². The van der Waals surface area contributed by atoms with Gasteiger partial charge < -0.3 is 14.8 Å². The van der Waals surface area contributed by atoms with Gasteiger partial charge >= 0.3 is 0 Å². The molecular weight excluding hydrogens is 318 g/mol. The second kappa shape index (κ2) is 6.59. The Hall–Kier alpha value is -2.82. The third-order valence-electron chi connectivity index (χ3n) is 3.89. The van der Waals surface area contributed by atoms with Gasteiger partial charge in [-0.1, -0.05) is 51.1 Å². The smallest absolute Gasteiger partial charge is 0.229 e. The Kier molecular flexibility index (Phi) is 4.49. The minimum absolute atomic E-state index is 0.175. The van der Waals surface area contributed by atoms with Crippen molar-refractivity contribution in [2.45, 2.75) is 20.8 Å². The van der Waals surface area contributed by atoms with Crippen molar-refractivity contribution in [2.75, 3.05) is 18.5 Å². The highest BCUT2D eigenvalue weighted by Crippen LogP contribution is 2.37. The molecule has 1 aliphatic heterocycles. The van der Waals surface area contributed by atoms with Gasteiger partial charge in [-0.25, -0.2) is 0 Å². The first-order valence-corrected chi connectivity index (χ1v) is 8.21. The molecule has 3 rings (SSSR count). The number of ketones is 1. The summed E-state index contributed by atoms with van der Waals surface area (Å²) in [6, 6.07) is 12.2. The summed E-state index contributed by atoms with van der Waals surface area (Å²) < 4.78 is 11.2. The van der Waals surface area contributed by atoms with Gasteiger partial charge in [-0.15, -0.1) is 0 Å². The van der Waals surface area contributed by atoms with Gasteiger partial charge in [0.25, 0.3) is 0 Å². The molecule has 1 N–H and O–H groups in total. The van der Waals surface area contributed by atoms with Crippen LogP contribution in [0.3, 0.4) is 0 Å². The molecule has 0 fully saturated rings. The van der Waals surface area contributed by atoms with Crippen molar-refractivity contribution in [1.82, 2.24) is 0 Å². The molecule has 1 aliphatic rings. The number of fused-ring (bicyclic) bond motifs is 1. The lowest BCUT2D eigenvalue weighted by Gasteiger charge is -2.23. The Morgan fingerprint density at radius 1 is 0.960 bits per heavy atom. The quantitative estimate of drug-likeness (QED) is 0.867. The van der Waals surface area contributed by atoms with E-state index >= 15 is 0 Å². The standard InChI is InChI=1S/C20H21NO4/c1-20(2,3)19(23)21-15-12-17-16(24-9-10-25-17)11-14(15)18(22)13-7-5-4-6-8-13/h4-8,11-12H,9-10H2,1-3H3,(H,21,23). The van der Waals surface area contributed by atoms with Crippen LogP contribution in [0.2, 0.25) is 0 Å². The summed E-state index contributed by atoms with van der Waals surface area (Å²) >= 11 is 0. The number of ether oxygens (including phenoxy) is 2. The molecule has 2 aromatic rings. The van der Waals surface area contributed by atoms with Crippen molar-refractivity contribution in [1.29, 1.82) is 0 Å². The van der Waals surface area contributed by atoms with Crippen LogP contribution < -0.4 is 14.8 Å². The largest absolute Gasteiger partial charge is 0.486 e. The summed E-state index contributed by atoms with van der Waals surface area (Å²) in [5.74, 6) is 0.687. The van der Waals surface area contributed by atoms with Crippen molar-refractivity contribution in [3.63, 3.8) is 0 Å². The fraction of sp³-hybridized carbons (Fsp3) is 0.300. The van der Waals surface area contributed by atoms with Gasteiger partial charge in [0, 0.05) is 17.0 Å². The number of hydrogen-bond donors (Lipinski definition) is 1. The van der Waals surface area contributed by atoms with E-state index in [2.05, 4.69) is 5.32 Å². The van der Waals surface area contributed by atoms with Gasteiger partial charge in [0.05, 0.1) is 11.3 Å². The Morgan fingerprint density at radius 3 is 2.16 bits per heavy atom. The highest BCUT2D eigenvalue weighted by atomic mass is 16.6. The summed E-state index contributed by atoms with van der Waals surface area (Å²) in [5, 5.41) is 2.86. The minimum atomic E-state index is -0.583. The third-order valence-corrected chi connectivity index (χ3v) is 3.89. The van der Waals surface area contributed by atoms with Crippen LogP contribution in [0.15, 0.2) is 42.5 Å². The molecule has 0 aliphatic carbocycles. The van der Waals surface area contributed by atoms with Gasteiger partial charge in [0.15, 0.2) is 17.3 Å². The van der Waals surface area contributed by atoms with Gasteiger partial charge in [0.2, 0.25) is 5.91 Å². The van der Waals surface area contributed by atoms with Crippen LogP contribution in [0.5, 0.6) is 11.5 Å². The fourth-order valence-electron chi connectivity index (χ4n) is 2.43. The topological polar surface area (TPSA) is 64.6 Å². The molecule has 5 heteroatoms. The van der Waals surface area contributed by atoms with E-state index in [1.165, 1.54) is 0 Å². The van der Waals surface area contributed by atoms with Crippen LogP contribution in [0, 0.1) is 5.41 Å². The number of nitrogens with one attached hydrogen (secondary N) is 1. The van der Waals surface area contributed by atoms with E-state index in [4.69, 9.17) is 9.47 Å². The molecular formula is C20H21NO4. The molecule has 2 aromatic carbocycles. The molecule has 0 aromatic heterocycles. The number of rotatable bonds is 3. The van der Waals surface area contributed by atoms with Crippen LogP contribution >= 0.6 is 0 Å². The molecule has 5 nitrogen and oxygen atoms in total. The molecule has 0 radical (unpaired) electrons. The van der Waals surface area contributed by atoms with Crippen LogP contribution in [-0.2, 0) is 4.79 Å². The second-order valence-electron chi connectivity index (χ2n) is 6.94. The van der Waals surface area contributed by atoms with Gasteiger partial charge in [-0.3, -0.25) is 9.59 Å². The number of carbonyl (C=O) groups is 2. The summed E-state index contributed by atoms with van der Waals surface area (Å²) in [7, 11) is 0. The number of hydrogen-bond acceptors (Lipinski definition) is 4. The lowest BCUT2D eigenvalue weighted by atomic mass is 9.94. The molecule has 25 heavy (non-hydrogen) atoms. The molecule has 0 saturated heterocycles. The summed E-state index contributed by atoms with van der Waals surface area (Å²) in [5.41, 5.74) is 0.775. The van der Waals surface area contributed by atoms with Crippen molar-refractivity contribution in [2.24, 2.45) is 5.41 Å². The van der Waals surface area contributed by atoms with E-state index in [0.717, 1.165) is 0 Å². The number of benzene rings is 2. The van der Waals surface area contributed by atoms with Gasteiger partial charge in [-0.2, -0.15) is 0 Å². The van der Waals surface area contributed by atoms with Crippen LogP contribution in [-0.4, -0.2) is 24.9 Å². The summed E-state index contributed by atoms with van der Waals surface area (Å²) in [6.07, 6.45) is 0. The Morgan fingerprint density at radius 2 is 1.56 bits per heavy atom. The number of amides is 1. The van der Waals surface area contributed by atoms with Crippen LogP contribution in [0.4, 0.5) is 5.69 Å². The maximum atomic E-state index is 12.9. The SMILES string of the molecule is CC(C)(C)C(=O)Nc1cc2c(cc1C(=O)c1ccccc1)OCCO2. The molecule has 0 saturated carbocycles. The predicted molar refractivity (Wildman–Crippen MR) is 95.4 cm³/mol. The van der Waals surface area contributed by atoms with E-state index in [1.54, 1.807) is 36.4 Å². The molecule has 0 unspecified atom stereocenters. The van der Waals surface area contributed by atoms with Crippen LogP contribution in [0.1, 0.15) is 36.7 Å². The zero-order chi connectivity index (χ0) is 18.0. The van der Waals surface area contributed by atoms with E-state index in [0.29, 0.717) is 41.5 Å². The zero-order valence-electron chi connectivity index (χ0n) is 14.6. The maximum absolute atomic E-state index is 12.9. The number of carbonyl (C=O) groups excluding carboxylic acids is 2. The van der Waals surface area contributed by atoms with Crippen molar-refractivity contribution in [3.8, 4) is 11.5 Å². The highest BCUT2D eigenvalue weighted by molar-refractivity contribution is 6.14. The average molecular weight is 339 g/mol. The van der Waals surface area contributed by atoms with E-state index in [-0.39, 0.29) is 11.7 Å². The van der Waals surface area contributed by atoms with E-state index < -0.39 is 5.41 Å². The monoisotopic (exact) mass is 339 g/mol. The molecule has 1 heterocycles. The predicted octanol–water partition coefficient (Wildman–Crippen LogP) is 3.67. The summed E-state index contributed by atoms with van der Waals surface area (Å²) in [4.78, 5) is 25.4. The lowest BCUT2D eigenvalue weighted by molar-refractivity contribution is -0.123. The van der Waals surface area contributed by atoms with Crippen molar-refractivity contribution in [3.05, 3.63) is 53.6 Å². The minimum Gasteiger partial charge on any atom is -0.486 e. The maximum Gasteiger partial charge on any atom is 0.229 e. The van der Waals surface area contributed by atoms with Gasteiger partial charge in [0.1, 0.15) is 13.2 Å². The van der Waals surface area contributed by atoms with E-state index in [9.17, 15) is 9.59 Å². The van der Waals surface area contributed by atoms with Crippen molar-refractivity contribution < 1.29 is 19.1 Å². The highest BCUT2D eigenvalue weighted by Gasteiger charge is 2.26. The van der Waals surface area contributed by atoms with Crippen LogP contribution in [0.25, 0.3) is 0 Å². The second-order valence-corrected chi connectivity index (χ2v) is 6.94. The number of anilines is 1. The fourth-order valence-corrected chi connectivity index (χ4v) is 2.43. The lowest BCUT2D eigenvalue weighted by Crippen LogP contribution is -2.28. The molecule has 0 bridgehead atoms. The molecule has 0 spiro atoms. The summed E-state index contributed by atoms with van der Waals surface area (Å²) in [6.45, 7) is 6.32. The molecule has 130 valence electrons. The van der Waals surface area contributed by atoms with E-state index in [1.807, 2.05) is 26.8 Å². The Labute approximate surface area is 147 Å². The third kappa shape index (κ3) is 3.65.